The van der Waals surface area contributed by atoms with Gasteiger partial charge in [-0.3, -0.25) is 0 Å². The SMILES string of the molecule is CCCCSC/C(=N/O)c1cc(C)ccc1O. The summed E-state index contributed by atoms with van der Waals surface area (Å²) in [6.45, 7) is 4.09. The van der Waals surface area contributed by atoms with Crippen molar-refractivity contribution in [2.45, 2.75) is 26.7 Å². The molecule has 1 aromatic carbocycles. The molecule has 3 nitrogen and oxygen atoms in total. The van der Waals surface area contributed by atoms with Crippen molar-refractivity contribution in [3.8, 4) is 5.75 Å². The number of unbranched alkanes of at least 4 members (excludes halogenated alkanes) is 1. The van der Waals surface area contributed by atoms with Crippen molar-refractivity contribution in [2.24, 2.45) is 5.16 Å². The Bertz CT molecular complexity index is 391. The molecular weight excluding hydrogens is 234 g/mol. The lowest BCUT2D eigenvalue weighted by Gasteiger charge is -2.07. The van der Waals surface area contributed by atoms with Gasteiger partial charge in [0.2, 0.25) is 0 Å². The van der Waals surface area contributed by atoms with E-state index in [1.165, 1.54) is 0 Å². The lowest BCUT2D eigenvalue weighted by atomic mass is 10.1. The Kier molecular flexibility index (Phi) is 5.91. The number of phenolic OH excluding ortho intramolecular Hbond substituents is 1. The van der Waals surface area contributed by atoms with E-state index in [0.717, 1.165) is 24.2 Å². The molecule has 1 aromatic rings. The summed E-state index contributed by atoms with van der Waals surface area (Å²) in [7, 11) is 0. The molecule has 94 valence electrons. The van der Waals surface area contributed by atoms with Crippen LogP contribution in [0, 0.1) is 6.92 Å². The molecular formula is C13H19NO2S. The fourth-order valence-electron chi connectivity index (χ4n) is 1.46. The lowest BCUT2D eigenvalue weighted by Crippen LogP contribution is -2.06. The summed E-state index contributed by atoms with van der Waals surface area (Å²) in [5.41, 5.74) is 2.20. The average Bonchev–Trinajstić information content (AvgIpc) is 2.33. The average molecular weight is 253 g/mol. The minimum absolute atomic E-state index is 0.166. The second-order valence-corrected chi connectivity index (χ2v) is 5.08. The molecule has 0 aliphatic carbocycles. The van der Waals surface area contributed by atoms with Crippen LogP contribution in [0.5, 0.6) is 5.75 Å². The Morgan fingerprint density at radius 2 is 2.18 bits per heavy atom. The number of thioether (sulfide) groups is 1. The van der Waals surface area contributed by atoms with E-state index in [-0.39, 0.29) is 5.75 Å². The van der Waals surface area contributed by atoms with Crippen LogP contribution in [0.2, 0.25) is 0 Å². The van der Waals surface area contributed by atoms with Crippen molar-refractivity contribution >= 4 is 17.5 Å². The number of oxime groups is 1. The zero-order valence-corrected chi connectivity index (χ0v) is 11.1. The molecule has 17 heavy (non-hydrogen) atoms. The highest BCUT2D eigenvalue weighted by atomic mass is 32.2. The zero-order valence-electron chi connectivity index (χ0n) is 10.3. The fraction of sp³-hybridized carbons (Fsp3) is 0.462. The van der Waals surface area contributed by atoms with Crippen LogP contribution in [0.4, 0.5) is 0 Å². The number of nitrogens with zero attached hydrogens (tertiary/aromatic N) is 1. The van der Waals surface area contributed by atoms with Gasteiger partial charge in [0, 0.05) is 11.3 Å². The van der Waals surface area contributed by atoms with Crippen molar-refractivity contribution in [3.63, 3.8) is 0 Å². The van der Waals surface area contributed by atoms with Crippen LogP contribution >= 0.6 is 11.8 Å². The topological polar surface area (TPSA) is 52.8 Å². The summed E-state index contributed by atoms with van der Waals surface area (Å²) in [4.78, 5) is 0. The molecule has 0 atom stereocenters. The highest BCUT2D eigenvalue weighted by Gasteiger charge is 2.10. The van der Waals surface area contributed by atoms with E-state index in [2.05, 4.69) is 12.1 Å². The highest BCUT2D eigenvalue weighted by molar-refractivity contribution is 7.99. The fourth-order valence-corrected chi connectivity index (χ4v) is 2.50. The Hall–Kier alpha value is -1.16. The van der Waals surface area contributed by atoms with E-state index in [4.69, 9.17) is 5.21 Å². The van der Waals surface area contributed by atoms with Crippen LogP contribution in [0.25, 0.3) is 0 Å². The molecule has 0 unspecified atom stereocenters. The van der Waals surface area contributed by atoms with Crippen molar-refractivity contribution < 1.29 is 10.3 Å². The lowest BCUT2D eigenvalue weighted by molar-refractivity contribution is 0.319. The van der Waals surface area contributed by atoms with Crippen molar-refractivity contribution in [3.05, 3.63) is 29.3 Å². The van der Waals surface area contributed by atoms with Crippen LogP contribution in [0.15, 0.2) is 23.4 Å². The molecule has 0 radical (unpaired) electrons. The van der Waals surface area contributed by atoms with Crippen LogP contribution in [-0.2, 0) is 0 Å². The number of aromatic hydroxyl groups is 1. The van der Waals surface area contributed by atoms with Crippen LogP contribution in [0.3, 0.4) is 0 Å². The summed E-state index contributed by atoms with van der Waals surface area (Å²) in [6.07, 6.45) is 2.32. The summed E-state index contributed by atoms with van der Waals surface area (Å²) in [5, 5.41) is 22.0. The van der Waals surface area contributed by atoms with E-state index >= 15 is 0 Å². The van der Waals surface area contributed by atoms with Gasteiger partial charge >= 0.3 is 0 Å². The number of phenols is 1. The van der Waals surface area contributed by atoms with E-state index in [9.17, 15) is 5.11 Å². The Morgan fingerprint density at radius 3 is 2.82 bits per heavy atom. The Balaban J connectivity index is 2.70. The van der Waals surface area contributed by atoms with Gasteiger partial charge in [-0.2, -0.15) is 11.8 Å². The molecule has 4 heteroatoms. The maximum atomic E-state index is 9.74. The molecule has 0 aromatic heterocycles. The standard InChI is InChI=1S/C13H19NO2S/c1-3-4-7-17-9-12(14-16)11-8-10(2)5-6-13(11)15/h5-6,8,15-16H,3-4,7,9H2,1-2H3/b14-12-. The van der Waals surface area contributed by atoms with Gasteiger partial charge in [0.15, 0.2) is 0 Å². The molecule has 0 aliphatic heterocycles. The third-order valence-electron chi connectivity index (χ3n) is 2.46. The monoisotopic (exact) mass is 253 g/mol. The van der Waals surface area contributed by atoms with Gasteiger partial charge in [0.1, 0.15) is 11.5 Å². The smallest absolute Gasteiger partial charge is 0.124 e. The third kappa shape index (κ3) is 4.30. The van der Waals surface area contributed by atoms with Gasteiger partial charge in [-0.1, -0.05) is 30.1 Å². The van der Waals surface area contributed by atoms with E-state index in [0.29, 0.717) is 17.0 Å². The number of rotatable bonds is 6. The van der Waals surface area contributed by atoms with Crippen LogP contribution < -0.4 is 0 Å². The Labute approximate surface area is 107 Å². The number of hydrogen-bond donors (Lipinski definition) is 2. The highest BCUT2D eigenvalue weighted by Crippen LogP contribution is 2.21. The molecule has 0 spiro atoms. The summed E-state index contributed by atoms with van der Waals surface area (Å²) in [6, 6.07) is 5.30. The van der Waals surface area contributed by atoms with Gasteiger partial charge in [0.05, 0.1) is 0 Å². The number of hydrogen-bond acceptors (Lipinski definition) is 4. The van der Waals surface area contributed by atoms with Gasteiger partial charge in [-0.15, -0.1) is 0 Å². The van der Waals surface area contributed by atoms with Crippen LogP contribution in [-0.4, -0.2) is 27.5 Å². The first-order valence-electron chi connectivity index (χ1n) is 5.77. The molecule has 0 fully saturated rings. The predicted octanol–water partition coefficient (Wildman–Crippen LogP) is 3.41. The third-order valence-corrected chi connectivity index (χ3v) is 3.52. The quantitative estimate of drug-likeness (QED) is 0.353. The van der Waals surface area contributed by atoms with E-state index < -0.39 is 0 Å². The van der Waals surface area contributed by atoms with Crippen molar-refractivity contribution in [1.29, 1.82) is 0 Å². The zero-order chi connectivity index (χ0) is 12.7. The summed E-state index contributed by atoms with van der Waals surface area (Å²) < 4.78 is 0. The number of aryl methyl sites for hydroxylation is 1. The van der Waals surface area contributed by atoms with Gasteiger partial charge in [0.25, 0.3) is 0 Å². The minimum atomic E-state index is 0.166. The summed E-state index contributed by atoms with van der Waals surface area (Å²) >= 11 is 1.72. The van der Waals surface area contributed by atoms with E-state index in [1.54, 1.807) is 17.8 Å². The largest absolute Gasteiger partial charge is 0.507 e. The van der Waals surface area contributed by atoms with Crippen LogP contribution in [0.1, 0.15) is 30.9 Å². The molecule has 0 aliphatic rings. The first-order valence-corrected chi connectivity index (χ1v) is 6.93. The van der Waals surface area contributed by atoms with Gasteiger partial charge in [-0.05, 0) is 31.2 Å². The first kappa shape index (κ1) is 13.9. The second kappa shape index (κ2) is 7.22. The van der Waals surface area contributed by atoms with Gasteiger partial charge in [-0.25, -0.2) is 0 Å². The second-order valence-electron chi connectivity index (χ2n) is 3.97. The molecule has 0 saturated heterocycles. The predicted molar refractivity (Wildman–Crippen MR) is 73.4 cm³/mol. The maximum Gasteiger partial charge on any atom is 0.124 e. The molecule has 2 N–H and O–H groups in total. The van der Waals surface area contributed by atoms with Crippen molar-refractivity contribution in [2.75, 3.05) is 11.5 Å². The normalized spacial score (nSPS) is 11.8. The first-order chi connectivity index (χ1) is 8.19. The molecule has 0 saturated carbocycles. The molecule has 0 heterocycles. The van der Waals surface area contributed by atoms with Gasteiger partial charge < -0.3 is 10.3 Å². The summed E-state index contributed by atoms with van der Waals surface area (Å²) in [5.74, 6) is 1.83. The number of benzene rings is 1. The molecule has 0 bridgehead atoms. The van der Waals surface area contributed by atoms with E-state index in [1.807, 2.05) is 19.1 Å². The molecule has 0 amide bonds. The minimum Gasteiger partial charge on any atom is -0.507 e. The Morgan fingerprint density at radius 1 is 1.41 bits per heavy atom. The maximum absolute atomic E-state index is 9.74. The van der Waals surface area contributed by atoms with Crippen molar-refractivity contribution in [1.82, 2.24) is 0 Å². The molecule has 1 rings (SSSR count).